The van der Waals surface area contributed by atoms with Crippen LogP contribution in [0.15, 0.2) is 18.2 Å². The second-order valence-corrected chi connectivity index (χ2v) is 3.12. The van der Waals surface area contributed by atoms with E-state index in [2.05, 4.69) is 0 Å². The standard InChI is InChI=1S/C10H9FO4/c11-8-2-1-6(5-7(8)9(12)13)10-14-3-4-15-10/h1-2,5,10H,3-4H2,(H,12,13). The van der Waals surface area contributed by atoms with Crippen LogP contribution >= 0.6 is 0 Å². The van der Waals surface area contributed by atoms with Crippen molar-refractivity contribution < 1.29 is 23.8 Å². The van der Waals surface area contributed by atoms with E-state index in [4.69, 9.17) is 14.6 Å². The molecular weight excluding hydrogens is 203 g/mol. The zero-order chi connectivity index (χ0) is 10.8. The van der Waals surface area contributed by atoms with Crippen molar-refractivity contribution >= 4 is 5.97 Å². The third-order valence-corrected chi connectivity index (χ3v) is 2.11. The van der Waals surface area contributed by atoms with Gasteiger partial charge < -0.3 is 14.6 Å². The van der Waals surface area contributed by atoms with Crippen LogP contribution in [0.25, 0.3) is 0 Å². The van der Waals surface area contributed by atoms with Gasteiger partial charge in [-0.1, -0.05) is 6.07 Å². The van der Waals surface area contributed by atoms with Crippen molar-refractivity contribution in [3.05, 3.63) is 35.1 Å². The normalized spacial score (nSPS) is 16.9. The summed E-state index contributed by atoms with van der Waals surface area (Å²) in [5.74, 6) is -2.06. The van der Waals surface area contributed by atoms with Crippen molar-refractivity contribution in [2.45, 2.75) is 6.29 Å². The molecule has 4 nitrogen and oxygen atoms in total. The molecule has 1 heterocycles. The highest BCUT2D eigenvalue weighted by atomic mass is 19.1. The average Bonchev–Trinajstić information content (AvgIpc) is 2.71. The SMILES string of the molecule is O=C(O)c1cc(C2OCCO2)ccc1F. The van der Waals surface area contributed by atoms with Gasteiger partial charge in [0.05, 0.1) is 18.8 Å². The van der Waals surface area contributed by atoms with E-state index in [-0.39, 0.29) is 5.56 Å². The fourth-order valence-corrected chi connectivity index (χ4v) is 1.40. The molecule has 80 valence electrons. The van der Waals surface area contributed by atoms with Crippen LogP contribution in [0.3, 0.4) is 0 Å². The number of hydrogen-bond acceptors (Lipinski definition) is 3. The summed E-state index contributed by atoms with van der Waals surface area (Å²) in [5.41, 5.74) is 0.151. The van der Waals surface area contributed by atoms with Gasteiger partial charge in [-0.15, -0.1) is 0 Å². The number of carboxylic acid groups (broad SMARTS) is 1. The average molecular weight is 212 g/mol. The van der Waals surface area contributed by atoms with Crippen LogP contribution in [0.2, 0.25) is 0 Å². The predicted octanol–water partition coefficient (Wildman–Crippen LogP) is 1.57. The van der Waals surface area contributed by atoms with E-state index in [9.17, 15) is 9.18 Å². The first kappa shape index (κ1) is 10.1. The van der Waals surface area contributed by atoms with Gasteiger partial charge in [-0.05, 0) is 12.1 Å². The molecular formula is C10H9FO4. The second-order valence-electron chi connectivity index (χ2n) is 3.12. The summed E-state index contributed by atoms with van der Waals surface area (Å²) in [6, 6.07) is 3.79. The number of carboxylic acids is 1. The molecule has 15 heavy (non-hydrogen) atoms. The molecule has 0 unspecified atom stereocenters. The van der Waals surface area contributed by atoms with Gasteiger partial charge in [0.1, 0.15) is 5.82 Å². The summed E-state index contributed by atoms with van der Waals surface area (Å²) in [5, 5.41) is 8.71. The number of ether oxygens (including phenoxy) is 2. The number of carbonyl (C=O) groups is 1. The molecule has 1 fully saturated rings. The third-order valence-electron chi connectivity index (χ3n) is 2.11. The van der Waals surface area contributed by atoms with Gasteiger partial charge in [0.15, 0.2) is 6.29 Å². The minimum Gasteiger partial charge on any atom is -0.478 e. The summed E-state index contributed by atoms with van der Waals surface area (Å²) >= 11 is 0. The first-order chi connectivity index (χ1) is 7.18. The van der Waals surface area contributed by atoms with Gasteiger partial charge >= 0.3 is 5.97 Å². The van der Waals surface area contributed by atoms with E-state index in [1.165, 1.54) is 12.1 Å². The molecule has 0 aliphatic carbocycles. The Morgan fingerprint density at radius 1 is 1.40 bits per heavy atom. The van der Waals surface area contributed by atoms with Crippen LogP contribution < -0.4 is 0 Å². The third kappa shape index (κ3) is 1.98. The molecule has 0 spiro atoms. The summed E-state index contributed by atoms with van der Waals surface area (Å²) in [4.78, 5) is 10.7. The first-order valence-corrected chi connectivity index (χ1v) is 4.44. The lowest BCUT2D eigenvalue weighted by Crippen LogP contribution is -2.05. The van der Waals surface area contributed by atoms with Crippen LogP contribution in [0.4, 0.5) is 4.39 Å². The van der Waals surface area contributed by atoms with Crippen molar-refractivity contribution in [2.75, 3.05) is 13.2 Å². The fraction of sp³-hybridized carbons (Fsp3) is 0.300. The Morgan fingerprint density at radius 2 is 2.07 bits per heavy atom. The van der Waals surface area contributed by atoms with Gasteiger partial charge in [-0.3, -0.25) is 0 Å². The van der Waals surface area contributed by atoms with Crippen molar-refractivity contribution in [1.82, 2.24) is 0 Å². The number of hydrogen-bond donors (Lipinski definition) is 1. The maximum atomic E-state index is 13.0. The van der Waals surface area contributed by atoms with Crippen molar-refractivity contribution in [2.24, 2.45) is 0 Å². The number of benzene rings is 1. The molecule has 0 saturated carbocycles. The Kier molecular flexibility index (Phi) is 2.66. The molecule has 0 amide bonds. The summed E-state index contributed by atoms with van der Waals surface area (Å²) in [6.45, 7) is 0.925. The lowest BCUT2D eigenvalue weighted by molar-refractivity contribution is -0.0441. The van der Waals surface area contributed by atoms with Crippen LogP contribution in [-0.2, 0) is 9.47 Å². The van der Waals surface area contributed by atoms with E-state index in [0.717, 1.165) is 6.07 Å². The fourth-order valence-electron chi connectivity index (χ4n) is 1.40. The quantitative estimate of drug-likeness (QED) is 0.808. The molecule has 1 aromatic carbocycles. The van der Waals surface area contributed by atoms with Crippen molar-refractivity contribution in [1.29, 1.82) is 0 Å². The highest BCUT2D eigenvalue weighted by molar-refractivity contribution is 5.88. The zero-order valence-electron chi connectivity index (χ0n) is 7.77. The molecule has 5 heteroatoms. The Labute approximate surface area is 85.2 Å². The van der Waals surface area contributed by atoms with Gasteiger partial charge in [-0.2, -0.15) is 0 Å². The zero-order valence-corrected chi connectivity index (χ0v) is 7.77. The minimum atomic E-state index is -1.30. The van der Waals surface area contributed by atoms with E-state index >= 15 is 0 Å². The predicted molar refractivity (Wildman–Crippen MR) is 48.0 cm³/mol. The molecule has 1 N–H and O–H groups in total. The Morgan fingerprint density at radius 3 is 2.67 bits per heavy atom. The highest BCUT2D eigenvalue weighted by Gasteiger charge is 2.20. The molecule has 0 radical (unpaired) electrons. The van der Waals surface area contributed by atoms with E-state index in [0.29, 0.717) is 18.8 Å². The maximum absolute atomic E-state index is 13.0. The number of aromatic carboxylic acids is 1. The van der Waals surface area contributed by atoms with Gasteiger partial charge in [-0.25, -0.2) is 9.18 Å². The summed E-state index contributed by atoms with van der Waals surface area (Å²) in [7, 11) is 0. The minimum absolute atomic E-state index is 0.369. The molecule has 1 aliphatic rings. The van der Waals surface area contributed by atoms with Gasteiger partial charge in [0.25, 0.3) is 0 Å². The molecule has 1 saturated heterocycles. The molecule has 0 bridgehead atoms. The maximum Gasteiger partial charge on any atom is 0.338 e. The van der Waals surface area contributed by atoms with E-state index < -0.39 is 18.1 Å². The van der Waals surface area contributed by atoms with Gasteiger partial charge in [0.2, 0.25) is 0 Å². The Balaban J connectivity index is 2.33. The first-order valence-electron chi connectivity index (χ1n) is 4.44. The van der Waals surface area contributed by atoms with Crippen LogP contribution in [0.5, 0.6) is 0 Å². The highest BCUT2D eigenvalue weighted by Crippen LogP contribution is 2.24. The van der Waals surface area contributed by atoms with E-state index in [1.807, 2.05) is 0 Å². The second kappa shape index (κ2) is 3.96. The van der Waals surface area contributed by atoms with Gasteiger partial charge in [0, 0.05) is 5.56 Å². The molecule has 1 aromatic rings. The number of halogens is 1. The summed E-state index contributed by atoms with van der Waals surface area (Å²) in [6.07, 6.45) is -0.580. The topological polar surface area (TPSA) is 55.8 Å². The Hall–Kier alpha value is -1.46. The smallest absolute Gasteiger partial charge is 0.338 e. The molecule has 1 aliphatic heterocycles. The lowest BCUT2D eigenvalue weighted by Gasteiger charge is -2.09. The van der Waals surface area contributed by atoms with Crippen molar-refractivity contribution in [3.8, 4) is 0 Å². The lowest BCUT2D eigenvalue weighted by atomic mass is 10.1. The molecule has 0 aromatic heterocycles. The van der Waals surface area contributed by atoms with Crippen LogP contribution in [0, 0.1) is 5.82 Å². The summed E-state index contributed by atoms with van der Waals surface area (Å²) < 4.78 is 23.4. The number of rotatable bonds is 2. The van der Waals surface area contributed by atoms with Crippen molar-refractivity contribution in [3.63, 3.8) is 0 Å². The monoisotopic (exact) mass is 212 g/mol. The van der Waals surface area contributed by atoms with Crippen LogP contribution in [0.1, 0.15) is 22.2 Å². The Bertz CT molecular complexity index is 385. The van der Waals surface area contributed by atoms with E-state index in [1.54, 1.807) is 0 Å². The largest absolute Gasteiger partial charge is 0.478 e. The molecule has 2 rings (SSSR count). The molecule has 0 atom stereocenters. The van der Waals surface area contributed by atoms with Crippen LogP contribution in [-0.4, -0.2) is 24.3 Å².